The molecule has 0 spiro atoms. The van der Waals surface area contributed by atoms with E-state index in [9.17, 15) is 13.2 Å². The number of benzene rings is 1. The van der Waals surface area contributed by atoms with Crippen LogP contribution in [-0.4, -0.2) is 36.8 Å². The van der Waals surface area contributed by atoms with E-state index < -0.39 is 15.1 Å². The minimum absolute atomic E-state index is 0.178. The zero-order valence-electron chi connectivity index (χ0n) is 12.0. The predicted octanol–water partition coefficient (Wildman–Crippen LogP) is 2.02. The molecule has 0 aromatic heterocycles. The Morgan fingerprint density at radius 1 is 1.35 bits per heavy atom. The Hall–Kier alpha value is -1.62. The van der Waals surface area contributed by atoms with Crippen molar-refractivity contribution < 1.29 is 13.2 Å². The Kier molecular flexibility index (Phi) is 5.95. The Bertz CT molecular complexity index is 552. The molecular weight excluding hydrogens is 274 g/mol. The third-order valence-corrected chi connectivity index (χ3v) is 5.13. The predicted molar refractivity (Wildman–Crippen MR) is 81.0 cm³/mol. The molecular formula is C15H21NO3S. The van der Waals surface area contributed by atoms with Crippen molar-refractivity contribution in [1.29, 1.82) is 0 Å². The van der Waals surface area contributed by atoms with Crippen molar-refractivity contribution in [3.05, 3.63) is 48.6 Å². The van der Waals surface area contributed by atoms with E-state index in [0.29, 0.717) is 13.1 Å². The van der Waals surface area contributed by atoms with Gasteiger partial charge in [0.15, 0.2) is 9.84 Å². The molecule has 4 nitrogen and oxygen atoms in total. The maximum atomic E-state index is 12.3. The number of nitrogens with zero attached hydrogens (tertiary/aromatic N) is 1. The van der Waals surface area contributed by atoms with Crippen LogP contribution >= 0.6 is 0 Å². The fourth-order valence-electron chi connectivity index (χ4n) is 1.87. The van der Waals surface area contributed by atoms with Gasteiger partial charge in [-0.25, -0.2) is 8.42 Å². The smallest absolute Gasteiger partial charge is 0.240 e. The average Bonchev–Trinajstić information content (AvgIpc) is 2.44. The van der Waals surface area contributed by atoms with Gasteiger partial charge in [-0.05, 0) is 19.4 Å². The highest BCUT2D eigenvalue weighted by molar-refractivity contribution is 7.92. The minimum Gasteiger partial charge on any atom is -0.338 e. The summed E-state index contributed by atoms with van der Waals surface area (Å²) in [7, 11) is -3.47. The lowest BCUT2D eigenvalue weighted by molar-refractivity contribution is -0.130. The van der Waals surface area contributed by atoms with Gasteiger partial charge < -0.3 is 4.90 Å². The van der Waals surface area contributed by atoms with Crippen molar-refractivity contribution in [1.82, 2.24) is 4.90 Å². The molecule has 0 aliphatic carbocycles. The third kappa shape index (κ3) is 4.20. The summed E-state index contributed by atoms with van der Waals surface area (Å²) in [5, 5.41) is -1.04. The Labute approximate surface area is 121 Å². The number of carbonyl (C=O) groups is 1. The second-order valence-electron chi connectivity index (χ2n) is 4.60. The summed E-state index contributed by atoms with van der Waals surface area (Å²) in [6.07, 6.45) is 1.31. The van der Waals surface area contributed by atoms with E-state index in [4.69, 9.17) is 0 Å². The molecule has 0 bridgehead atoms. The van der Waals surface area contributed by atoms with Crippen molar-refractivity contribution in [2.24, 2.45) is 0 Å². The molecule has 0 fully saturated rings. The fourth-order valence-corrected chi connectivity index (χ4v) is 2.94. The van der Waals surface area contributed by atoms with Crippen LogP contribution in [0, 0.1) is 0 Å². The van der Waals surface area contributed by atoms with Gasteiger partial charge in [-0.15, -0.1) is 6.58 Å². The molecule has 1 aromatic carbocycles. The van der Waals surface area contributed by atoms with Crippen LogP contribution in [0.5, 0.6) is 0 Å². The van der Waals surface area contributed by atoms with Gasteiger partial charge in [-0.1, -0.05) is 36.4 Å². The van der Waals surface area contributed by atoms with Gasteiger partial charge in [0.2, 0.25) is 5.91 Å². The molecule has 1 aromatic rings. The lowest BCUT2D eigenvalue weighted by atomic mass is 10.2. The number of hydrogen-bond acceptors (Lipinski definition) is 3. The quantitative estimate of drug-likeness (QED) is 0.723. The molecule has 20 heavy (non-hydrogen) atoms. The van der Waals surface area contributed by atoms with Crippen molar-refractivity contribution in [2.75, 3.05) is 12.3 Å². The van der Waals surface area contributed by atoms with E-state index in [1.807, 2.05) is 37.3 Å². The highest BCUT2D eigenvalue weighted by atomic mass is 32.2. The number of carbonyl (C=O) groups excluding carboxylic acids is 1. The number of hydrogen-bond donors (Lipinski definition) is 0. The zero-order valence-corrected chi connectivity index (χ0v) is 12.8. The summed E-state index contributed by atoms with van der Waals surface area (Å²) in [6, 6.07) is 9.52. The Morgan fingerprint density at radius 2 is 1.95 bits per heavy atom. The van der Waals surface area contributed by atoms with Gasteiger partial charge >= 0.3 is 0 Å². The summed E-state index contributed by atoms with van der Waals surface area (Å²) in [5.41, 5.74) is 0.982. The first-order chi connectivity index (χ1) is 9.42. The van der Waals surface area contributed by atoms with E-state index in [1.54, 1.807) is 4.90 Å². The molecule has 0 saturated carbocycles. The molecule has 1 rings (SSSR count). The molecule has 1 amide bonds. The standard InChI is InChI=1S/C15H21NO3S/c1-4-11-20(18,19)13(3)15(17)16(5-2)12-14-9-7-6-8-10-14/h4,6-10,13H,1,5,11-12H2,2-3H3. The molecule has 5 heteroatoms. The van der Waals surface area contributed by atoms with Gasteiger partial charge in [-0.3, -0.25) is 4.79 Å². The summed E-state index contributed by atoms with van der Waals surface area (Å²) in [4.78, 5) is 13.9. The SMILES string of the molecule is C=CCS(=O)(=O)C(C)C(=O)N(CC)Cc1ccccc1. The topological polar surface area (TPSA) is 54.5 Å². The molecule has 0 aliphatic heterocycles. The number of amides is 1. The lowest BCUT2D eigenvalue weighted by Crippen LogP contribution is -2.41. The first-order valence-electron chi connectivity index (χ1n) is 6.57. The first kappa shape index (κ1) is 16.4. The number of rotatable bonds is 7. The fraction of sp³-hybridized carbons (Fsp3) is 0.400. The molecule has 0 aliphatic rings. The van der Waals surface area contributed by atoms with Gasteiger partial charge in [0.1, 0.15) is 5.25 Å². The van der Waals surface area contributed by atoms with Gasteiger partial charge in [-0.2, -0.15) is 0 Å². The largest absolute Gasteiger partial charge is 0.338 e. The minimum atomic E-state index is -3.47. The van der Waals surface area contributed by atoms with Crippen LogP contribution in [0.3, 0.4) is 0 Å². The van der Waals surface area contributed by atoms with Crippen LogP contribution in [-0.2, 0) is 21.2 Å². The molecule has 0 radical (unpaired) electrons. The highest BCUT2D eigenvalue weighted by Gasteiger charge is 2.30. The maximum absolute atomic E-state index is 12.3. The van der Waals surface area contributed by atoms with E-state index in [1.165, 1.54) is 13.0 Å². The van der Waals surface area contributed by atoms with Crippen LogP contribution in [0.25, 0.3) is 0 Å². The first-order valence-corrected chi connectivity index (χ1v) is 8.29. The zero-order chi connectivity index (χ0) is 15.2. The van der Waals surface area contributed by atoms with E-state index >= 15 is 0 Å². The Balaban J connectivity index is 2.84. The molecule has 110 valence electrons. The highest BCUT2D eigenvalue weighted by Crippen LogP contribution is 2.11. The summed E-state index contributed by atoms with van der Waals surface area (Å²) >= 11 is 0. The average molecular weight is 295 g/mol. The van der Waals surface area contributed by atoms with Crippen LogP contribution in [0.4, 0.5) is 0 Å². The molecule has 0 saturated heterocycles. The van der Waals surface area contributed by atoms with Crippen LogP contribution in [0.1, 0.15) is 19.4 Å². The second-order valence-corrected chi connectivity index (χ2v) is 6.96. The van der Waals surface area contributed by atoms with Gasteiger partial charge in [0, 0.05) is 13.1 Å². The summed E-state index contributed by atoms with van der Waals surface area (Å²) < 4.78 is 23.9. The summed E-state index contributed by atoms with van der Waals surface area (Å²) in [6.45, 7) is 7.59. The van der Waals surface area contributed by atoms with Crippen molar-refractivity contribution in [3.63, 3.8) is 0 Å². The normalized spacial score (nSPS) is 12.7. The van der Waals surface area contributed by atoms with Crippen molar-refractivity contribution in [3.8, 4) is 0 Å². The molecule has 0 N–H and O–H groups in total. The van der Waals surface area contributed by atoms with Crippen LogP contribution in [0.2, 0.25) is 0 Å². The maximum Gasteiger partial charge on any atom is 0.240 e. The Morgan fingerprint density at radius 3 is 2.45 bits per heavy atom. The second kappa shape index (κ2) is 7.24. The van der Waals surface area contributed by atoms with Crippen molar-refractivity contribution in [2.45, 2.75) is 25.6 Å². The molecule has 1 unspecified atom stereocenters. The van der Waals surface area contributed by atoms with Crippen molar-refractivity contribution >= 4 is 15.7 Å². The van der Waals surface area contributed by atoms with Crippen LogP contribution < -0.4 is 0 Å². The number of sulfone groups is 1. The van der Waals surface area contributed by atoms with E-state index in [2.05, 4.69) is 6.58 Å². The summed E-state index contributed by atoms with van der Waals surface area (Å²) in [5.74, 6) is -0.541. The lowest BCUT2D eigenvalue weighted by Gasteiger charge is -2.24. The van der Waals surface area contributed by atoms with Crippen LogP contribution in [0.15, 0.2) is 43.0 Å². The van der Waals surface area contributed by atoms with E-state index in [-0.39, 0.29) is 11.7 Å². The van der Waals surface area contributed by atoms with Gasteiger partial charge in [0.05, 0.1) is 5.75 Å². The molecule has 1 atom stereocenters. The van der Waals surface area contributed by atoms with E-state index in [0.717, 1.165) is 5.56 Å². The monoisotopic (exact) mass is 295 g/mol. The molecule has 0 heterocycles. The van der Waals surface area contributed by atoms with Gasteiger partial charge in [0.25, 0.3) is 0 Å². The third-order valence-electron chi connectivity index (χ3n) is 3.15.